The predicted molar refractivity (Wildman–Crippen MR) is 125 cm³/mol. The van der Waals surface area contributed by atoms with Crippen molar-refractivity contribution in [2.24, 2.45) is 0 Å². The highest BCUT2D eigenvalue weighted by molar-refractivity contribution is 5.91. The molecule has 1 heterocycles. The molecule has 0 aliphatic heterocycles. The van der Waals surface area contributed by atoms with Crippen LogP contribution in [0.3, 0.4) is 0 Å². The van der Waals surface area contributed by atoms with Gasteiger partial charge in [-0.1, -0.05) is 18.2 Å². The van der Waals surface area contributed by atoms with Crippen LogP contribution < -0.4 is 0 Å². The lowest BCUT2D eigenvalue weighted by molar-refractivity contribution is -0.137. The van der Waals surface area contributed by atoms with Crippen molar-refractivity contribution in [1.82, 2.24) is 4.98 Å². The van der Waals surface area contributed by atoms with E-state index in [1.165, 1.54) is 12.1 Å². The largest absolute Gasteiger partial charge is 0.478 e. The van der Waals surface area contributed by atoms with Gasteiger partial charge in [0.25, 0.3) is 0 Å². The summed E-state index contributed by atoms with van der Waals surface area (Å²) in [5.41, 5.74) is 1.96. The van der Waals surface area contributed by atoms with Gasteiger partial charge in [0.1, 0.15) is 11.5 Å². The molecule has 2 aromatic carbocycles. The first-order chi connectivity index (χ1) is 17.1. The van der Waals surface area contributed by atoms with E-state index in [4.69, 9.17) is 13.9 Å². The van der Waals surface area contributed by atoms with E-state index < -0.39 is 17.7 Å². The first-order valence-electron chi connectivity index (χ1n) is 11.8. The highest BCUT2D eigenvalue weighted by Gasteiger charge is 2.30. The maximum Gasteiger partial charge on any atom is 0.416 e. The van der Waals surface area contributed by atoms with Crippen LogP contribution in [0.4, 0.5) is 13.2 Å². The number of aromatic carboxylic acids is 1. The Balaban J connectivity index is 1.33. The summed E-state index contributed by atoms with van der Waals surface area (Å²) in [6.07, 6.45) is -1.16. The molecular weight excluding hydrogens is 475 g/mol. The molecule has 0 amide bonds. The molecule has 1 aromatic heterocycles. The third-order valence-electron chi connectivity index (χ3n) is 6.43. The molecule has 0 spiro atoms. The molecular formula is C27H28F3NO5. The molecule has 0 bridgehead atoms. The molecule has 6 nitrogen and oxygen atoms in total. The lowest BCUT2D eigenvalue weighted by Crippen LogP contribution is -2.28. The van der Waals surface area contributed by atoms with Crippen molar-refractivity contribution in [2.45, 2.75) is 71.1 Å². The van der Waals surface area contributed by atoms with Crippen molar-refractivity contribution in [3.8, 4) is 11.5 Å². The number of oxazole rings is 1. The van der Waals surface area contributed by atoms with Gasteiger partial charge in [-0.25, -0.2) is 9.78 Å². The fourth-order valence-electron chi connectivity index (χ4n) is 4.45. The van der Waals surface area contributed by atoms with E-state index in [0.717, 1.165) is 31.4 Å². The van der Waals surface area contributed by atoms with Crippen LogP contribution in [0.2, 0.25) is 0 Å². The number of benzene rings is 2. The average molecular weight is 504 g/mol. The van der Waals surface area contributed by atoms with Gasteiger partial charge in [-0.2, -0.15) is 13.2 Å². The van der Waals surface area contributed by atoms with Crippen LogP contribution in [-0.2, 0) is 28.9 Å². The van der Waals surface area contributed by atoms with E-state index in [-0.39, 0.29) is 36.9 Å². The summed E-state index contributed by atoms with van der Waals surface area (Å²) in [5.74, 6) is -0.165. The minimum atomic E-state index is -4.40. The summed E-state index contributed by atoms with van der Waals surface area (Å²) in [4.78, 5) is 16.0. The van der Waals surface area contributed by atoms with Crippen LogP contribution in [0.25, 0.3) is 11.5 Å². The number of rotatable bonds is 8. The molecule has 192 valence electrons. The fraction of sp³-hybridized carbons (Fsp3) is 0.407. The quantitative estimate of drug-likeness (QED) is 0.368. The number of alkyl halides is 3. The molecule has 1 aliphatic rings. The van der Waals surface area contributed by atoms with Crippen LogP contribution in [0.15, 0.2) is 46.9 Å². The number of carboxylic acid groups (broad SMARTS) is 1. The van der Waals surface area contributed by atoms with Crippen LogP contribution in [0.5, 0.6) is 0 Å². The normalized spacial score (nSPS) is 18.4. The Morgan fingerprint density at radius 1 is 1.06 bits per heavy atom. The zero-order valence-corrected chi connectivity index (χ0v) is 20.1. The van der Waals surface area contributed by atoms with E-state index in [0.29, 0.717) is 34.6 Å². The molecule has 3 aromatic rings. The lowest BCUT2D eigenvalue weighted by Gasteiger charge is -2.29. The molecule has 36 heavy (non-hydrogen) atoms. The number of hydrogen-bond acceptors (Lipinski definition) is 5. The maximum atomic E-state index is 12.8. The number of nitrogens with zero attached hydrogens (tertiary/aromatic N) is 1. The number of aryl methyl sites for hydroxylation is 2. The smallest absolute Gasteiger partial charge is 0.416 e. The Kier molecular flexibility index (Phi) is 7.80. The number of halogens is 3. The van der Waals surface area contributed by atoms with Crippen molar-refractivity contribution in [3.05, 3.63) is 76.2 Å². The second-order valence-corrected chi connectivity index (χ2v) is 9.04. The van der Waals surface area contributed by atoms with Crippen molar-refractivity contribution < 1.29 is 37.0 Å². The van der Waals surface area contributed by atoms with Gasteiger partial charge in [-0.15, -0.1) is 0 Å². The first-order valence-corrected chi connectivity index (χ1v) is 11.8. The van der Waals surface area contributed by atoms with Gasteiger partial charge < -0.3 is 19.0 Å². The van der Waals surface area contributed by atoms with E-state index in [1.807, 2.05) is 6.07 Å². The Hall–Kier alpha value is -3.17. The standard InChI is InChI=1S/C27H28F3NO5/c1-16-5-3-6-19(24(16)26(32)33)14-34-21-7-4-8-22(13-21)35-15-23-17(2)36-25(31-23)18-9-11-20(12-10-18)27(28,29)30/h3,5-6,9-12,21-22H,4,7-8,13-15H2,1-2H3,(H,32,33)/t21?,22-/m0/s1. The molecule has 0 radical (unpaired) electrons. The SMILES string of the molecule is Cc1cccc(COC2CCC[C@H](OCc3nc(-c4ccc(C(F)(F)F)cc4)oc3C)C2)c1C(=O)O. The van der Waals surface area contributed by atoms with Gasteiger partial charge >= 0.3 is 12.1 Å². The van der Waals surface area contributed by atoms with Gasteiger partial charge in [0, 0.05) is 5.56 Å². The summed E-state index contributed by atoms with van der Waals surface area (Å²) in [7, 11) is 0. The average Bonchev–Trinajstić information content (AvgIpc) is 3.21. The molecule has 2 atom stereocenters. The fourth-order valence-corrected chi connectivity index (χ4v) is 4.45. The first kappa shape index (κ1) is 25.9. The molecule has 4 rings (SSSR count). The second kappa shape index (κ2) is 10.8. The highest BCUT2D eigenvalue weighted by atomic mass is 19.4. The van der Waals surface area contributed by atoms with Crippen LogP contribution in [-0.4, -0.2) is 28.3 Å². The molecule has 1 N–H and O–H groups in total. The minimum absolute atomic E-state index is 0.0491. The number of ether oxygens (including phenoxy) is 2. The zero-order valence-electron chi connectivity index (χ0n) is 20.1. The van der Waals surface area contributed by atoms with Crippen molar-refractivity contribution in [1.29, 1.82) is 0 Å². The Morgan fingerprint density at radius 2 is 1.72 bits per heavy atom. The Morgan fingerprint density at radius 3 is 2.36 bits per heavy atom. The summed E-state index contributed by atoms with van der Waals surface area (Å²) in [6, 6.07) is 10.1. The van der Waals surface area contributed by atoms with Crippen molar-refractivity contribution in [2.75, 3.05) is 0 Å². The zero-order chi connectivity index (χ0) is 25.9. The van der Waals surface area contributed by atoms with E-state index in [9.17, 15) is 23.1 Å². The Bertz CT molecular complexity index is 1200. The van der Waals surface area contributed by atoms with E-state index in [1.54, 1.807) is 26.0 Å². The topological polar surface area (TPSA) is 81.8 Å². The molecule has 1 saturated carbocycles. The second-order valence-electron chi connectivity index (χ2n) is 9.04. The molecule has 1 unspecified atom stereocenters. The van der Waals surface area contributed by atoms with Gasteiger partial charge in [0.2, 0.25) is 5.89 Å². The third-order valence-corrected chi connectivity index (χ3v) is 6.43. The number of carbonyl (C=O) groups is 1. The van der Waals surface area contributed by atoms with Crippen molar-refractivity contribution >= 4 is 5.97 Å². The van der Waals surface area contributed by atoms with Crippen LogP contribution in [0, 0.1) is 13.8 Å². The van der Waals surface area contributed by atoms with Crippen LogP contribution in [0.1, 0.15) is 64.2 Å². The molecule has 1 fully saturated rings. The highest BCUT2D eigenvalue weighted by Crippen LogP contribution is 2.32. The predicted octanol–water partition coefficient (Wildman–Crippen LogP) is 6.72. The third kappa shape index (κ3) is 6.14. The van der Waals surface area contributed by atoms with E-state index in [2.05, 4.69) is 4.98 Å². The molecule has 0 saturated heterocycles. The Labute approximate surface area is 207 Å². The van der Waals surface area contributed by atoms with Crippen LogP contribution >= 0.6 is 0 Å². The molecule has 9 heteroatoms. The number of hydrogen-bond donors (Lipinski definition) is 1. The number of aromatic nitrogens is 1. The van der Waals surface area contributed by atoms with Gasteiger partial charge in [0.05, 0.1) is 36.5 Å². The maximum absolute atomic E-state index is 12.8. The summed E-state index contributed by atoms with van der Waals surface area (Å²) in [5, 5.41) is 9.51. The van der Waals surface area contributed by atoms with Crippen molar-refractivity contribution in [3.63, 3.8) is 0 Å². The summed E-state index contributed by atoms with van der Waals surface area (Å²) < 4.78 is 56.2. The molecule has 1 aliphatic carbocycles. The van der Waals surface area contributed by atoms with E-state index >= 15 is 0 Å². The monoisotopic (exact) mass is 503 g/mol. The summed E-state index contributed by atoms with van der Waals surface area (Å²) >= 11 is 0. The van der Waals surface area contributed by atoms with Gasteiger partial charge in [-0.05, 0) is 74.9 Å². The van der Waals surface area contributed by atoms with Gasteiger partial charge in [0.15, 0.2) is 0 Å². The lowest BCUT2D eigenvalue weighted by atomic mass is 9.94. The minimum Gasteiger partial charge on any atom is -0.478 e. The number of carboxylic acids is 1. The van der Waals surface area contributed by atoms with Gasteiger partial charge in [-0.3, -0.25) is 0 Å². The summed E-state index contributed by atoms with van der Waals surface area (Å²) in [6.45, 7) is 3.95.